The summed E-state index contributed by atoms with van der Waals surface area (Å²) in [6, 6.07) is 1.05. The van der Waals surface area contributed by atoms with Gasteiger partial charge in [-0.1, -0.05) is 71.9 Å². The molecule has 1 heterocycles. The number of rotatable bonds is 27. The summed E-state index contributed by atoms with van der Waals surface area (Å²) in [6.45, 7) is 21.3. The lowest BCUT2D eigenvalue weighted by atomic mass is 9.97. The second-order valence-electron chi connectivity index (χ2n) is 22.3. The van der Waals surface area contributed by atoms with E-state index in [1.54, 1.807) is 44.7 Å². The summed E-state index contributed by atoms with van der Waals surface area (Å²) in [5.74, 6) is -5.47. The van der Waals surface area contributed by atoms with Crippen LogP contribution in [0.1, 0.15) is 127 Å². The molecule has 0 bridgehead atoms. The zero-order chi connectivity index (χ0) is 56.4. The molecule has 20 heteroatoms. The largest absolute Gasteiger partial charge is 0.391 e. The van der Waals surface area contributed by atoms with Crippen LogP contribution in [-0.4, -0.2) is 191 Å². The van der Waals surface area contributed by atoms with E-state index in [0.717, 1.165) is 29.7 Å². The Kier molecular flexibility index (Phi) is 26.2. The van der Waals surface area contributed by atoms with Crippen molar-refractivity contribution >= 4 is 53.2 Å². The standard InChI is InChI=1S/C54H91N9O11/c1-33(2)27-40(56-38(9)65)51(71)62(16)44(30-39-23-19-17-20-24-39)52(72)61(15)43(29-35(5)6)49(69)58-46(37(8)64)53(73)59(13)31-45(66)60(14)42(28-34(3)4)48(68)57-41(32-74-54(10,11)12)47(67)55-36(7)50(70)63-25-21-18-22-26-63/h17,19-20,23-24,33-37,40-44,46,64H,18,21-22,25-32H2,1-16H3,(H,55,67)(H,56,65)(H,57,68)(H,58,69)/t36-,37+,40-,41-,42-,43-,44-,46-/m0/s1. The first kappa shape index (κ1) is 64.5. The Bertz CT molecular complexity index is 2040. The summed E-state index contributed by atoms with van der Waals surface area (Å²) in [6.07, 6.45) is 2.01. The molecule has 0 aromatic heterocycles. The molecule has 1 saturated heterocycles. The smallest absolute Gasteiger partial charge is 0.248 e. The van der Waals surface area contributed by atoms with Crippen molar-refractivity contribution in [2.45, 2.75) is 182 Å². The number of ether oxygens (including phenoxy) is 1. The van der Waals surface area contributed by atoms with Gasteiger partial charge in [0.2, 0.25) is 53.2 Å². The highest BCUT2D eigenvalue weighted by Gasteiger charge is 2.40. The van der Waals surface area contributed by atoms with E-state index in [-0.39, 0.29) is 49.5 Å². The number of likely N-dealkylation sites (tertiary alicyclic amines) is 1. The molecule has 9 amide bonds. The van der Waals surface area contributed by atoms with Gasteiger partial charge in [0.25, 0.3) is 0 Å². The van der Waals surface area contributed by atoms with E-state index in [9.17, 15) is 48.3 Å². The number of hydrogen-bond acceptors (Lipinski definition) is 11. The van der Waals surface area contributed by atoms with Crippen LogP contribution in [0.4, 0.5) is 0 Å². The molecule has 1 aromatic carbocycles. The van der Waals surface area contributed by atoms with E-state index >= 15 is 0 Å². The van der Waals surface area contributed by atoms with Gasteiger partial charge in [-0.2, -0.15) is 0 Å². The molecule has 5 N–H and O–H groups in total. The van der Waals surface area contributed by atoms with Crippen LogP contribution in [0.3, 0.4) is 0 Å². The van der Waals surface area contributed by atoms with Gasteiger partial charge in [0.1, 0.15) is 42.3 Å². The van der Waals surface area contributed by atoms with E-state index in [2.05, 4.69) is 21.3 Å². The van der Waals surface area contributed by atoms with E-state index in [0.29, 0.717) is 19.5 Å². The number of likely N-dealkylation sites (N-methyl/N-ethyl adjacent to an activating group) is 4. The van der Waals surface area contributed by atoms with Crippen molar-refractivity contribution in [3.63, 3.8) is 0 Å². The van der Waals surface area contributed by atoms with Gasteiger partial charge in [0.05, 0.1) is 24.9 Å². The van der Waals surface area contributed by atoms with Gasteiger partial charge >= 0.3 is 0 Å². The van der Waals surface area contributed by atoms with Crippen LogP contribution in [0.5, 0.6) is 0 Å². The van der Waals surface area contributed by atoms with Crippen LogP contribution in [0.2, 0.25) is 0 Å². The van der Waals surface area contributed by atoms with Gasteiger partial charge in [-0.05, 0) is 96.5 Å². The number of aliphatic hydroxyl groups is 1. The normalized spacial score (nSPS) is 16.1. The molecule has 0 unspecified atom stereocenters. The number of benzene rings is 1. The van der Waals surface area contributed by atoms with Crippen LogP contribution in [0.25, 0.3) is 0 Å². The van der Waals surface area contributed by atoms with Crippen molar-refractivity contribution in [2.24, 2.45) is 17.8 Å². The predicted molar refractivity (Wildman–Crippen MR) is 283 cm³/mol. The maximum atomic E-state index is 14.7. The fraction of sp³-hybridized carbons (Fsp3) is 0.722. The minimum atomic E-state index is -1.58. The lowest BCUT2D eigenvalue weighted by Crippen LogP contribution is -2.61. The molecule has 74 heavy (non-hydrogen) atoms. The van der Waals surface area contributed by atoms with Crippen molar-refractivity contribution in [3.05, 3.63) is 35.9 Å². The highest BCUT2D eigenvalue weighted by Crippen LogP contribution is 2.20. The van der Waals surface area contributed by atoms with E-state index in [1.807, 2.05) is 59.7 Å². The number of aliphatic hydroxyl groups excluding tert-OH is 1. The zero-order valence-electron chi connectivity index (χ0n) is 47.3. The molecule has 1 aliphatic rings. The Morgan fingerprint density at radius 3 is 1.64 bits per heavy atom. The predicted octanol–water partition coefficient (Wildman–Crippen LogP) is 2.49. The second kappa shape index (κ2) is 30.1. The van der Waals surface area contributed by atoms with Crippen molar-refractivity contribution < 1.29 is 53.0 Å². The van der Waals surface area contributed by atoms with E-state index in [1.165, 1.54) is 56.7 Å². The van der Waals surface area contributed by atoms with Gasteiger partial charge < -0.3 is 55.6 Å². The molecule has 2 rings (SSSR count). The van der Waals surface area contributed by atoms with Crippen LogP contribution >= 0.6 is 0 Å². The fourth-order valence-corrected chi connectivity index (χ4v) is 8.72. The van der Waals surface area contributed by atoms with Gasteiger partial charge in [-0.3, -0.25) is 43.2 Å². The summed E-state index contributed by atoms with van der Waals surface area (Å²) in [4.78, 5) is 131. The fourth-order valence-electron chi connectivity index (χ4n) is 8.72. The monoisotopic (exact) mass is 1040 g/mol. The molecule has 0 radical (unpaired) electrons. The van der Waals surface area contributed by atoms with Gasteiger partial charge in [-0.25, -0.2) is 0 Å². The maximum absolute atomic E-state index is 14.7. The molecule has 8 atom stereocenters. The average molecular weight is 1040 g/mol. The average Bonchev–Trinajstić information content (AvgIpc) is 3.32. The lowest BCUT2D eigenvalue weighted by molar-refractivity contribution is -0.150. The minimum absolute atomic E-state index is 0.0297. The maximum Gasteiger partial charge on any atom is 0.248 e. The summed E-state index contributed by atoms with van der Waals surface area (Å²) in [5.41, 5.74) is 0.0519. The molecule has 0 saturated carbocycles. The van der Waals surface area contributed by atoms with Crippen molar-refractivity contribution in [1.82, 2.24) is 45.8 Å². The second-order valence-corrected chi connectivity index (χ2v) is 22.3. The number of piperidine rings is 1. The highest BCUT2D eigenvalue weighted by atomic mass is 16.5. The number of hydrogen-bond donors (Lipinski definition) is 5. The Morgan fingerprint density at radius 1 is 0.622 bits per heavy atom. The Hall–Kier alpha value is -5.63. The topological polar surface area (TPSA) is 247 Å². The highest BCUT2D eigenvalue weighted by molar-refractivity contribution is 5.97. The van der Waals surface area contributed by atoms with Crippen molar-refractivity contribution in [3.8, 4) is 0 Å². The van der Waals surface area contributed by atoms with E-state index < -0.39 is 108 Å². The first-order chi connectivity index (χ1) is 34.4. The minimum Gasteiger partial charge on any atom is -0.391 e. The first-order valence-corrected chi connectivity index (χ1v) is 26.2. The Morgan fingerprint density at radius 2 is 1.14 bits per heavy atom. The molecule has 20 nitrogen and oxygen atoms in total. The molecule has 1 aliphatic heterocycles. The van der Waals surface area contributed by atoms with Crippen LogP contribution in [-0.2, 0) is 54.3 Å². The van der Waals surface area contributed by atoms with Gasteiger partial charge in [0, 0.05) is 54.6 Å². The zero-order valence-corrected chi connectivity index (χ0v) is 47.3. The third-order valence-corrected chi connectivity index (χ3v) is 12.9. The number of amides is 9. The van der Waals surface area contributed by atoms with Crippen molar-refractivity contribution in [1.29, 1.82) is 0 Å². The third-order valence-electron chi connectivity index (χ3n) is 12.9. The molecular weight excluding hydrogens is 951 g/mol. The number of nitrogens with zero attached hydrogens (tertiary/aromatic N) is 5. The van der Waals surface area contributed by atoms with Gasteiger partial charge in [-0.15, -0.1) is 0 Å². The van der Waals surface area contributed by atoms with Gasteiger partial charge in [0.15, 0.2) is 0 Å². The van der Waals surface area contributed by atoms with Crippen molar-refractivity contribution in [2.75, 3.05) is 54.4 Å². The van der Waals surface area contributed by atoms with Crippen LogP contribution < -0.4 is 21.3 Å². The number of carbonyl (C=O) groups excluding carboxylic acids is 9. The van der Waals surface area contributed by atoms with Crippen LogP contribution in [0, 0.1) is 17.8 Å². The van der Waals surface area contributed by atoms with E-state index in [4.69, 9.17) is 4.74 Å². The molecule has 1 fully saturated rings. The Labute approximate surface area is 440 Å². The molecular formula is C54H91N9O11. The SMILES string of the molecule is CC(=O)N[C@@H](CC(C)C)C(=O)N(C)[C@@H](Cc1ccccc1)C(=O)N(C)[C@@H](CC(C)C)C(=O)N[C@H](C(=O)N(C)CC(=O)N(C)[C@@H](CC(C)C)C(=O)N[C@@H](COC(C)(C)C)C(=O)N[C@@H](C)C(=O)N1CCCCC1)[C@@H](C)O. The molecule has 418 valence electrons. The summed E-state index contributed by atoms with van der Waals surface area (Å²) in [5, 5.41) is 21.9. The first-order valence-electron chi connectivity index (χ1n) is 26.2. The number of carbonyl (C=O) groups is 9. The number of nitrogens with one attached hydrogen (secondary N) is 4. The summed E-state index contributed by atoms with van der Waals surface area (Å²) in [7, 11) is 5.66. The molecule has 0 spiro atoms. The van der Waals surface area contributed by atoms with Crippen LogP contribution in [0.15, 0.2) is 30.3 Å². The summed E-state index contributed by atoms with van der Waals surface area (Å²) >= 11 is 0. The lowest BCUT2D eigenvalue weighted by Gasteiger charge is -2.37. The molecule has 0 aliphatic carbocycles. The Balaban J connectivity index is 2.38. The quantitative estimate of drug-likeness (QED) is 0.0857. The molecule has 1 aromatic rings. The third kappa shape index (κ3) is 20.9. The summed E-state index contributed by atoms with van der Waals surface area (Å²) < 4.78 is 5.93.